The van der Waals surface area contributed by atoms with Crippen LogP contribution in [0.3, 0.4) is 0 Å². The van der Waals surface area contributed by atoms with E-state index in [-0.39, 0.29) is 0 Å². The lowest BCUT2D eigenvalue weighted by Crippen LogP contribution is -2.32. The van der Waals surface area contributed by atoms with E-state index in [1.165, 1.54) is 19.5 Å². The number of benzene rings is 1. The second kappa shape index (κ2) is 10.4. The van der Waals surface area contributed by atoms with Crippen LogP contribution in [-0.4, -0.2) is 57.4 Å². The average Bonchev–Trinajstić information content (AvgIpc) is 3.08. The monoisotopic (exact) mass is 434 g/mol. The molecule has 6 nitrogen and oxygen atoms in total. The van der Waals surface area contributed by atoms with Gasteiger partial charge in [-0.05, 0) is 50.4 Å². The fourth-order valence-electron chi connectivity index (χ4n) is 4.54. The largest absolute Gasteiger partial charge is 0.355 e. The molecule has 0 unspecified atom stereocenters. The Morgan fingerprint density at radius 1 is 0.938 bits per heavy atom. The van der Waals surface area contributed by atoms with Crippen LogP contribution in [0.2, 0.25) is 0 Å². The van der Waals surface area contributed by atoms with Crippen LogP contribution in [0.5, 0.6) is 0 Å². The standard InChI is InChI=1S/C26H38N6/c1-5-10-21(4)24-28-25(31-15-9-14-30(17-18-31)16-13-20(2)3)23-19-27-32(26(23)29-24)22-11-7-6-8-12-22/h6-8,11-12,19-21H,5,9-10,13-18H2,1-4H3/t21-/m1/s1. The molecule has 3 heterocycles. The van der Waals surface area contributed by atoms with Gasteiger partial charge < -0.3 is 9.80 Å². The third-order valence-electron chi connectivity index (χ3n) is 6.50. The molecule has 2 aromatic heterocycles. The fraction of sp³-hybridized carbons (Fsp3) is 0.577. The molecule has 1 aliphatic rings. The number of rotatable bonds is 8. The lowest BCUT2D eigenvalue weighted by molar-refractivity contribution is 0.275. The van der Waals surface area contributed by atoms with Crippen molar-refractivity contribution in [3.63, 3.8) is 0 Å². The van der Waals surface area contributed by atoms with E-state index in [9.17, 15) is 0 Å². The zero-order chi connectivity index (χ0) is 22.5. The Morgan fingerprint density at radius 2 is 1.75 bits per heavy atom. The van der Waals surface area contributed by atoms with Gasteiger partial charge in [-0.15, -0.1) is 0 Å². The molecule has 3 aromatic rings. The molecule has 1 atom stereocenters. The van der Waals surface area contributed by atoms with E-state index in [1.807, 2.05) is 29.1 Å². The molecule has 1 saturated heterocycles. The van der Waals surface area contributed by atoms with Crippen LogP contribution >= 0.6 is 0 Å². The van der Waals surface area contributed by atoms with E-state index in [4.69, 9.17) is 15.1 Å². The summed E-state index contributed by atoms with van der Waals surface area (Å²) < 4.78 is 1.97. The van der Waals surface area contributed by atoms with Crippen LogP contribution in [0, 0.1) is 5.92 Å². The summed E-state index contributed by atoms with van der Waals surface area (Å²) in [6, 6.07) is 10.3. The van der Waals surface area contributed by atoms with Gasteiger partial charge in [0.15, 0.2) is 5.65 Å². The number of nitrogens with zero attached hydrogens (tertiary/aromatic N) is 6. The minimum absolute atomic E-state index is 0.330. The van der Waals surface area contributed by atoms with Gasteiger partial charge in [-0.25, -0.2) is 14.6 Å². The predicted octanol–water partition coefficient (Wildman–Crippen LogP) is 5.28. The zero-order valence-corrected chi connectivity index (χ0v) is 20.2. The second-order valence-electron chi connectivity index (χ2n) is 9.59. The summed E-state index contributed by atoms with van der Waals surface area (Å²) in [4.78, 5) is 15.2. The Bertz CT molecular complexity index is 996. The number of hydrogen-bond acceptors (Lipinski definition) is 5. The Labute approximate surface area is 192 Å². The summed E-state index contributed by atoms with van der Waals surface area (Å²) in [5.74, 6) is 3.08. The van der Waals surface area contributed by atoms with Crippen molar-refractivity contribution < 1.29 is 0 Å². The molecule has 4 rings (SSSR count). The lowest BCUT2D eigenvalue weighted by Gasteiger charge is -2.24. The molecule has 1 aliphatic heterocycles. The van der Waals surface area contributed by atoms with Gasteiger partial charge in [-0.3, -0.25) is 0 Å². The quantitative estimate of drug-likeness (QED) is 0.483. The maximum absolute atomic E-state index is 5.13. The third kappa shape index (κ3) is 5.12. The maximum Gasteiger partial charge on any atom is 0.168 e. The number of anilines is 1. The van der Waals surface area contributed by atoms with Crippen molar-refractivity contribution in [3.8, 4) is 5.69 Å². The minimum atomic E-state index is 0.330. The Kier molecular flexibility index (Phi) is 7.40. The molecule has 1 fully saturated rings. The number of fused-ring (bicyclic) bond motifs is 1. The Hall–Kier alpha value is -2.47. The average molecular weight is 435 g/mol. The summed E-state index contributed by atoms with van der Waals surface area (Å²) in [6.07, 6.45) is 6.60. The molecule has 0 spiro atoms. The third-order valence-corrected chi connectivity index (χ3v) is 6.50. The van der Waals surface area contributed by atoms with Crippen LogP contribution < -0.4 is 4.90 Å². The fourth-order valence-corrected chi connectivity index (χ4v) is 4.54. The summed E-state index contributed by atoms with van der Waals surface area (Å²) in [7, 11) is 0. The van der Waals surface area contributed by atoms with Crippen molar-refractivity contribution >= 4 is 16.9 Å². The first-order valence-corrected chi connectivity index (χ1v) is 12.3. The highest BCUT2D eigenvalue weighted by molar-refractivity contribution is 5.88. The van der Waals surface area contributed by atoms with Gasteiger partial charge in [-0.2, -0.15) is 5.10 Å². The van der Waals surface area contributed by atoms with Gasteiger partial charge >= 0.3 is 0 Å². The van der Waals surface area contributed by atoms with Gasteiger partial charge in [-0.1, -0.05) is 52.3 Å². The molecule has 1 aromatic carbocycles. The highest BCUT2D eigenvalue weighted by atomic mass is 15.3. The topological polar surface area (TPSA) is 50.1 Å². The van der Waals surface area contributed by atoms with Crippen molar-refractivity contribution in [1.82, 2.24) is 24.6 Å². The first kappa shape index (κ1) is 22.7. The first-order valence-electron chi connectivity index (χ1n) is 12.3. The molecule has 6 heteroatoms. The van der Waals surface area contributed by atoms with Crippen molar-refractivity contribution in [1.29, 1.82) is 0 Å². The van der Waals surface area contributed by atoms with E-state index < -0.39 is 0 Å². The number of aromatic nitrogens is 4. The lowest BCUT2D eigenvalue weighted by atomic mass is 10.1. The first-order chi connectivity index (χ1) is 15.6. The molecular weight excluding hydrogens is 396 g/mol. The molecular formula is C26H38N6. The van der Waals surface area contributed by atoms with E-state index in [1.54, 1.807) is 0 Å². The number of hydrogen-bond donors (Lipinski definition) is 0. The molecule has 0 N–H and O–H groups in total. The van der Waals surface area contributed by atoms with Crippen molar-refractivity contribution in [2.75, 3.05) is 37.6 Å². The molecule has 0 amide bonds. The van der Waals surface area contributed by atoms with Gasteiger partial charge in [0.2, 0.25) is 0 Å². The molecule has 0 aliphatic carbocycles. The van der Waals surface area contributed by atoms with Gasteiger partial charge in [0.05, 0.1) is 17.3 Å². The Balaban J connectivity index is 1.69. The van der Waals surface area contributed by atoms with Crippen molar-refractivity contribution in [3.05, 3.63) is 42.4 Å². The zero-order valence-electron chi connectivity index (χ0n) is 20.2. The molecule has 0 bridgehead atoms. The van der Waals surface area contributed by atoms with Crippen molar-refractivity contribution in [2.24, 2.45) is 5.92 Å². The SMILES string of the molecule is CCC[C@@H](C)c1nc(N2CCCN(CCC(C)C)CC2)c2cnn(-c3ccccc3)c2n1. The van der Waals surface area contributed by atoms with Gasteiger partial charge in [0.1, 0.15) is 11.6 Å². The highest BCUT2D eigenvalue weighted by Gasteiger charge is 2.23. The summed E-state index contributed by atoms with van der Waals surface area (Å²) in [5.41, 5.74) is 1.96. The smallest absolute Gasteiger partial charge is 0.168 e. The maximum atomic E-state index is 5.13. The summed E-state index contributed by atoms with van der Waals surface area (Å²) in [5, 5.41) is 5.78. The van der Waals surface area contributed by atoms with Crippen LogP contribution in [0.4, 0.5) is 5.82 Å². The van der Waals surface area contributed by atoms with E-state index >= 15 is 0 Å². The van der Waals surface area contributed by atoms with Crippen LogP contribution in [0.25, 0.3) is 16.7 Å². The van der Waals surface area contributed by atoms with Crippen LogP contribution in [-0.2, 0) is 0 Å². The van der Waals surface area contributed by atoms with Crippen LogP contribution in [0.15, 0.2) is 36.5 Å². The summed E-state index contributed by atoms with van der Waals surface area (Å²) in [6.45, 7) is 14.6. The molecule has 0 radical (unpaired) electrons. The highest BCUT2D eigenvalue weighted by Crippen LogP contribution is 2.29. The van der Waals surface area contributed by atoms with Crippen molar-refractivity contribution in [2.45, 2.75) is 59.3 Å². The van der Waals surface area contributed by atoms with E-state index in [0.29, 0.717) is 5.92 Å². The second-order valence-corrected chi connectivity index (χ2v) is 9.59. The van der Waals surface area contributed by atoms with E-state index in [2.05, 4.69) is 49.6 Å². The van der Waals surface area contributed by atoms with Crippen LogP contribution in [0.1, 0.15) is 65.1 Å². The summed E-state index contributed by atoms with van der Waals surface area (Å²) >= 11 is 0. The minimum Gasteiger partial charge on any atom is -0.355 e. The Morgan fingerprint density at radius 3 is 2.50 bits per heavy atom. The predicted molar refractivity (Wildman–Crippen MR) is 133 cm³/mol. The molecule has 32 heavy (non-hydrogen) atoms. The number of para-hydroxylation sites is 1. The normalized spacial score (nSPS) is 16.6. The molecule has 0 saturated carbocycles. The molecule has 172 valence electrons. The van der Waals surface area contributed by atoms with Gasteiger partial charge in [0.25, 0.3) is 0 Å². The van der Waals surface area contributed by atoms with Gasteiger partial charge in [0, 0.05) is 25.6 Å². The van der Waals surface area contributed by atoms with E-state index in [0.717, 1.165) is 73.2 Å².